The average molecular weight is 341 g/mol. The second kappa shape index (κ2) is 6.98. The molecule has 1 aromatic carbocycles. The summed E-state index contributed by atoms with van der Waals surface area (Å²) in [5, 5.41) is 1.05. The van der Waals surface area contributed by atoms with Gasteiger partial charge in [-0.2, -0.15) is 0 Å². The molecule has 0 heterocycles. The van der Waals surface area contributed by atoms with E-state index in [9.17, 15) is 0 Å². The van der Waals surface area contributed by atoms with Gasteiger partial charge in [-0.05, 0) is 40.9 Å². The third-order valence-corrected chi connectivity index (χ3v) is 4.00. The first kappa shape index (κ1) is 17.6. The largest absolute Gasteiger partial charge is 0.493 e. The minimum atomic E-state index is 0.103. The third kappa shape index (κ3) is 5.12. The second-order valence-corrected chi connectivity index (χ2v) is 8.25. The second-order valence-electron chi connectivity index (χ2n) is 7.46. The molecule has 1 nitrogen and oxygen atoms in total. The summed E-state index contributed by atoms with van der Waals surface area (Å²) in [5.41, 5.74) is 2.96. The van der Waals surface area contributed by atoms with Gasteiger partial charge in [0.15, 0.2) is 0 Å². The van der Waals surface area contributed by atoms with Crippen LogP contribution in [0.25, 0.3) is 0 Å². The van der Waals surface area contributed by atoms with Gasteiger partial charge in [0, 0.05) is 5.33 Å². The monoisotopic (exact) mass is 340 g/mol. The molecule has 0 aliphatic heterocycles. The van der Waals surface area contributed by atoms with E-state index in [0.717, 1.165) is 30.5 Å². The van der Waals surface area contributed by atoms with Crippen LogP contribution in [0.3, 0.4) is 0 Å². The highest BCUT2D eigenvalue weighted by molar-refractivity contribution is 9.09. The summed E-state index contributed by atoms with van der Waals surface area (Å²) in [6, 6.07) is 6.67. The van der Waals surface area contributed by atoms with Crippen LogP contribution >= 0.6 is 15.9 Å². The molecule has 0 fully saturated rings. The Morgan fingerprint density at radius 1 is 0.950 bits per heavy atom. The van der Waals surface area contributed by atoms with E-state index < -0.39 is 0 Å². The smallest absolute Gasteiger partial charge is 0.123 e. The molecule has 0 N–H and O–H groups in total. The normalized spacial score (nSPS) is 12.6. The standard InChI is InChI=1S/C18H29BrO/c1-17(2,3)14-9-10-16(20-12-8-7-11-19)15(13-14)18(4,5)6/h9-10,13H,7-8,11-12H2,1-6H3. The van der Waals surface area contributed by atoms with Crippen LogP contribution in [0.2, 0.25) is 0 Å². The van der Waals surface area contributed by atoms with E-state index in [1.54, 1.807) is 0 Å². The van der Waals surface area contributed by atoms with Gasteiger partial charge in [-0.25, -0.2) is 0 Å². The number of benzene rings is 1. The van der Waals surface area contributed by atoms with Crippen LogP contribution in [0.15, 0.2) is 18.2 Å². The van der Waals surface area contributed by atoms with Crippen LogP contribution in [0.5, 0.6) is 5.75 Å². The van der Waals surface area contributed by atoms with Gasteiger partial charge in [0.2, 0.25) is 0 Å². The third-order valence-electron chi connectivity index (χ3n) is 3.44. The zero-order valence-corrected chi connectivity index (χ0v) is 15.4. The van der Waals surface area contributed by atoms with Gasteiger partial charge in [0.05, 0.1) is 6.61 Å². The Hall–Kier alpha value is -0.500. The van der Waals surface area contributed by atoms with E-state index >= 15 is 0 Å². The first-order valence-electron chi connectivity index (χ1n) is 7.50. The highest BCUT2D eigenvalue weighted by atomic mass is 79.9. The molecule has 1 aromatic rings. The molecule has 0 aliphatic carbocycles. The van der Waals surface area contributed by atoms with Gasteiger partial charge < -0.3 is 4.74 Å². The van der Waals surface area contributed by atoms with Crippen molar-refractivity contribution in [3.8, 4) is 5.75 Å². The molecule has 0 atom stereocenters. The van der Waals surface area contributed by atoms with Crippen molar-refractivity contribution in [3.63, 3.8) is 0 Å². The maximum absolute atomic E-state index is 6.01. The van der Waals surface area contributed by atoms with Crippen molar-refractivity contribution in [2.45, 2.75) is 65.2 Å². The molecule has 0 radical (unpaired) electrons. The lowest BCUT2D eigenvalue weighted by Crippen LogP contribution is -2.17. The van der Waals surface area contributed by atoms with Gasteiger partial charge >= 0.3 is 0 Å². The van der Waals surface area contributed by atoms with Crippen LogP contribution in [-0.4, -0.2) is 11.9 Å². The molecule has 0 aliphatic rings. The maximum atomic E-state index is 6.01. The molecule has 0 spiro atoms. The first-order valence-corrected chi connectivity index (χ1v) is 8.62. The van der Waals surface area contributed by atoms with Crippen LogP contribution in [0.1, 0.15) is 65.5 Å². The van der Waals surface area contributed by atoms with E-state index in [2.05, 4.69) is 75.7 Å². The Balaban J connectivity index is 2.99. The fourth-order valence-electron chi connectivity index (χ4n) is 2.09. The topological polar surface area (TPSA) is 9.23 Å². The number of ether oxygens (including phenoxy) is 1. The molecule has 114 valence electrons. The number of hydrogen-bond donors (Lipinski definition) is 0. The highest BCUT2D eigenvalue weighted by Gasteiger charge is 2.22. The zero-order valence-electron chi connectivity index (χ0n) is 13.8. The fraction of sp³-hybridized carbons (Fsp3) is 0.667. The summed E-state index contributed by atoms with van der Waals surface area (Å²) >= 11 is 3.46. The van der Waals surface area contributed by atoms with Crippen molar-refractivity contribution in [2.24, 2.45) is 0 Å². The van der Waals surface area contributed by atoms with Gasteiger partial charge in [0.1, 0.15) is 5.75 Å². The summed E-state index contributed by atoms with van der Waals surface area (Å²) in [7, 11) is 0. The highest BCUT2D eigenvalue weighted by Crippen LogP contribution is 2.35. The van der Waals surface area contributed by atoms with E-state index in [1.807, 2.05) is 0 Å². The van der Waals surface area contributed by atoms with E-state index in [0.29, 0.717) is 0 Å². The van der Waals surface area contributed by atoms with Crippen molar-refractivity contribution in [1.29, 1.82) is 0 Å². The first-order chi connectivity index (χ1) is 9.16. The molecule has 0 saturated heterocycles. The van der Waals surface area contributed by atoms with E-state index in [-0.39, 0.29) is 10.8 Å². The summed E-state index contributed by atoms with van der Waals surface area (Å²) < 4.78 is 6.01. The van der Waals surface area contributed by atoms with Crippen molar-refractivity contribution in [1.82, 2.24) is 0 Å². The maximum Gasteiger partial charge on any atom is 0.123 e. The van der Waals surface area contributed by atoms with Gasteiger partial charge in [-0.1, -0.05) is 69.6 Å². The Labute approximate surface area is 133 Å². The summed E-state index contributed by atoms with van der Waals surface area (Å²) in [4.78, 5) is 0. The van der Waals surface area contributed by atoms with Crippen LogP contribution in [-0.2, 0) is 10.8 Å². The van der Waals surface area contributed by atoms with Crippen molar-refractivity contribution in [2.75, 3.05) is 11.9 Å². The van der Waals surface area contributed by atoms with Gasteiger partial charge in [-0.3, -0.25) is 0 Å². The zero-order chi connectivity index (χ0) is 15.4. The molecule has 1 rings (SSSR count). The Morgan fingerprint density at radius 3 is 2.10 bits per heavy atom. The summed E-state index contributed by atoms with van der Waals surface area (Å²) in [5.74, 6) is 1.04. The number of alkyl halides is 1. The minimum absolute atomic E-state index is 0.103. The lowest BCUT2D eigenvalue weighted by Gasteiger charge is -2.27. The number of unbranched alkanes of at least 4 members (excludes halogenated alkanes) is 1. The van der Waals surface area contributed by atoms with Crippen LogP contribution in [0, 0.1) is 0 Å². The Bertz CT molecular complexity index is 424. The molecular formula is C18H29BrO. The van der Waals surface area contributed by atoms with Crippen molar-refractivity contribution in [3.05, 3.63) is 29.3 Å². The number of rotatable bonds is 5. The SMILES string of the molecule is CC(C)(C)c1ccc(OCCCCBr)c(C(C)(C)C)c1. The predicted molar refractivity (Wildman–Crippen MR) is 92.4 cm³/mol. The summed E-state index contributed by atoms with van der Waals surface area (Å²) in [6.45, 7) is 14.3. The van der Waals surface area contributed by atoms with Crippen molar-refractivity contribution < 1.29 is 4.74 Å². The van der Waals surface area contributed by atoms with Gasteiger partial charge in [0.25, 0.3) is 0 Å². The Kier molecular flexibility index (Phi) is 6.12. The minimum Gasteiger partial charge on any atom is -0.493 e. The summed E-state index contributed by atoms with van der Waals surface area (Å²) in [6.07, 6.45) is 2.25. The fourth-order valence-corrected chi connectivity index (χ4v) is 2.48. The molecule has 0 bridgehead atoms. The lowest BCUT2D eigenvalue weighted by molar-refractivity contribution is 0.301. The van der Waals surface area contributed by atoms with E-state index in [1.165, 1.54) is 11.1 Å². The van der Waals surface area contributed by atoms with Crippen LogP contribution in [0.4, 0.5) is 0 Å². The average Bonchev–Trinajstić information content (AvgIpc) is 2.32. The molecule has 0 aromatic heterocycles. The molecule has 0 unspecified atom stereocenters. The van der Waals surface area contributed by atoms with Crippen LogP contribution < -0.4 is 4.74 Å². The molecular weight excluding hydrogens is 312 g/mol. The molecule has 0 amide bonds. The molecule has 20 heavy (non-hydrogen) atoms. The number of halogens is 1. The molecule has 0 saturated carbocycles. The quantitative estimate of drug-likeness (QED) is 0.483. The lowest BCUT2D eigenvalue weighted by atomic mass is 9.80. The Morgan fingerprint density at radius 2 is 1.60 bits per heavy atom. The molecule has 2 heteroatoms. The van der Waals surface area contributed by atoms with Crippen molar-refractivity contribution >= 4 is 15.9 Å². The van der Waals surface area contributed by atoms with Gasteiger partial charge in [-0.15, -0.1) is 0 Å². The number of hydrogen-bond acceptors (Lipinski definition) is 1. The van der Waals surface area contributed by atoms with E-state index in [4.69, 9.17) is 4.74 Å². The predicted octanol–water partition coefficient (Wildman–Crippen LogP) is 5.84.